The molecular weight excluding hydrogens is 272 g/mol. The van der Waals surface area contributed by atoms with Crippen LogP contribution in [0.4, 0.5) is 0 Å². The molecule has 4 rings (SSSR count). The second kappa shape index (κ2) is 5.71. The van der Waals surface area contributed by atoms with Crippen molar-refractivity contribution in [1.82, 2.24) is 9.88 Å². The number of likely N-dealkylation sites (tertiary alicyclic amines) is 1. The molecule has 3 heterocycles. The first-order valence-corrected chi connectivity index (χ1v) is 8.73. The zero-order valence-corrected chi connectivity index (χ0v) is 13.5. The third-order valence-corrected chi connectivity index (χ3v) is 5.47. The fourth-order valence-corrected chi connectivity index (χ4v) is 4.11. The van der Waals surface area contributed by atoms with Crippen molar-refractivity contribution in [1.29, 1.82) is 0 Å². The monoisotopic (exact) mass is 298 g/mol. The van der Waals surface area contributed by atoms with Crippen molar-refractivity contribution < 1.29 is 4.74 Å². The molecule has 2 aromatic rings. The molecule has 22 heavy (non-hydrogen) atoms. The number of ether oxygens (including phenoxy) is 1. The number of H-pyrrole nitrogens is 1. The number of fused-ring (bicyclic) bond motifs is 3. The summed E-state index contributed by atoms with van der Waals surface area (Å²) < 4.78 is 6.25. The predicted molar refractivity (Wildman–Crippen MR) is 90.2 cm³/mol. The molecule has 0 amide bonds. The largest absolute Gasteiger partial charge is 0.369 e. The van der Waals surface area contributed by atoms with Gasteiger partial charge in [-0.05, 0) is 57.3 Å². The van der Waals surface area contributed by atoms with Gasteiger partial charge in [-0.3, -0.25) is 0 Å². The molecule has 1 N–H and O–H groups in total. The highest BCUT2D eigenvalue weighted by atomic mass is 16.5. The van der Waals surface area contributed by atoms with E-state index in [9.17, 15) is 0 Å². The van der Waals surface area contributed by atoms with E-state index in [1.54, 1.807) is 0 Å². The van der Waals surface area contributed by atoms with Crippen molar-refractivity contribution in [2.75, 3.05) is 26.2 Å². The lowest BCUT2D eigenvalue weighted by Gasteiger charge is -2.36. The second-order valence-electron chi connectivity index (χ2n) is 7.01. The summed E-state index contributed by atoms with van der Waals surface area (Å²) in [5.74, 6) is 0. The Morgan fingerprint density at radius 1 is 1.18 bits per heavy atom. The van der Waals surface area contributed by atoms with Gasteiger partial charge in [0, 0.05) is 17.4 Å². The van der Waals surface area contributed by atoms with Crippen LogP contribution >= 0.6 is 0 Å². The number of hydrogen-bond donors (Lipinski definition) is 1. The molecule has 1 saturated heterocycles. The Morgan fingerprint density at radius 2 is 2.00 bits per heavy atom. The minimum atomic E-state index is -0.163. The zero-order valence-electron chi connectivity index (χ0n) is 13.5. The summed E-state index contributed by atoms with van der Waals surface area (Å²) in [5, 5.41) is 1.38. The van der Waals surface area contributed by atoms with Crippen LogP contribution in [0.25, 0.3) is 10.9 Å². The van der Waals surface area contributed by atoms with Crippen LogP contribution in [0.1, 0.15) is 43.9 Å². The fraction of sp³-hybridized carbons (Fsp3) is 0.579. The van der Waals surface area contributed by atoms with Crippen molar-refractivity contribution >= 4 is 10.9 Å². The van der Waals surface area contributed by atoms with Crippen molar-refractivity contribution in [3.8, 4) is 0 Å². The molecule has 2 aliphatic rings. The molecule has 0 bridgehead atoms. The second-order valence-corrected chi connectivity index (χ2v) is 7.01. The van der Waals surface area contributed by atoms with E-state index in [0.29, 0.717) is 0 Å². The highest BCUT2D eigenvalue weighted by Gasteiger charge is 2.36. The van der Waals surface area contributed by atoms with Crippen molar-refractivity contribution in [2.45, 2.75) is 44.6 Å². The summed E-state index contributed by atoms with van der Waals surface area (Å²) in [6, 6.07) is 8.66. The molecule has 3 heteroatoms. The Balaban J connectivity index is 1.60. The van der Waals surface area contributed by atoms with Crippen molar-refractivity contribution in [3.05, 3.63) is 35.5 Å². The Labute approximate surface area is 132 Å². The van der Waals surface area contributed by atoms with Gasteiger partial charge in [-0.25, -0.2) is 0 Å². The summed E-state index contributed by atoms with van der Waals surface area (Å²) >= 11 is 0. The molecule has 1 fully saturated rings. The van der Waals surface area contributed by atoms with Gasteiger partial charge in [0.15, 0.2) is 0 Å². The Kier molecular flexibility index (Phi) is 3.71. The Bertz CT molecular complexity index is 656. The van der Waals surface area contributed by atoms with Gasteiger partial charge in [0.05, 0.1) is 12.3 Å². The van der Waals surface area contributed by atoms with E-state index >= 15 is 0 Å². The van der Waals surface area contributed by atoms with E-state index < -0.39 is 0 Å². The normalized spacial score (nSPS) is 26.2. The zero-order chi connectivity index (χ0) is 15.0. The molecule has 0 spiro atoms. The molecule has 1 unspecified atom stereocenters. The highest BCUT2D eigenvalue weighted by molar-refractivity contribution is 5.85. The lowest BCUT2D eigenvalue weighted by atomic mass is 9.89. The first-order valence-electron chi connectivity index (χ1n) is 8.73. The third kappa shape index (κ3) is 2.46. The first kappa shape index (κ1) is 14.3. The molecule has 1 aromatic heterocycles. The Morgan fingerprint density at radius 3 is 2.86 bits per heavy atom. The number of nitrogens with one attached hydrogen (secondary N) is 1. The summed E-state index contributed by atoms with van der Waals surface area (Å²) in [5.41, 5.74) is 3.88. The van der Waals surface area contributed by atoms with Crippen LogP contribution in [-0.4, -0.2) is 36.1 Å². The van der Waals surface area contributed by atoms with E-state index in [0.717, 1.165) is 26.0 Å². The molecule has 1 atom stereocenters. The van der Waals surface area contributed by atoms with Crippen LogP contribution in [0.2, 0.25) is 0 Å². The van der Waals surface area contributed by atoms with Crippen LogP contribution in [0.15, 0.2) is 24.3 Å². The summed E-state index contributed by atoms with van der Waals surface area (Å²) in [4.78, 5) is 6.26. The number of aromatic amines is 1. The average molecular weight is 298 g/mol. The van der Waals surface area contributed by atoms with Crippen LogP contribution in [-0.2, 0) is 16.8 Å². The minimum Gasteiger partial charge on any atom is -0.369 e. The molecule has 0 radical (unpaired) electrons. The number of piperidine rings is 1. The first-order chi connectivity index (χ1) is 10.8. The van der Waals surface area contributed by atoms with Crippen LogP contribution in [0.5, 0.6) is 0 Å². The summed E-state index contributed by atoms with van der Waals surface area (Å²) in [7, 11) is 0. The number of benzene rings is 1. The maximum Gasteiger partial charge on any atom is 0.106 e. The fourth-order valence-electron chi connectivity index (χ4n) is 4.11. The van der Waals surface area contributed by atoms with Gasteiger partial charge < -0.3 is 14.6 Å². The van der Waals surface area contributed by atoms with E-state index in [2.05, 4.69) is 41.1 Å². The van der Waals surface area contributed by atoms with Crippen LogP contribution in [0, 0.1) is 0 Å². The van der Waals surface area contributed by atoms with E-state index in [1.807, 2.05) is 0 Å². The van der Waals surface area contributed by atoms with Gasteiger partial charge in [-0.2, -0.15) is 0 Å². The number of nitrogens with zero attached hydrogens (tertiary/aromatic N) is 1. The molecule has 118 valence electrons. The van der Waals surface area contributed by atoms with E-state index in [-0.39, 0.29) is 5.60 Å². The van der Waals surface area contributed by atoms with Crippen molar-refractivity contribution in [2.24, 2.45) is 0 Å². The quantitative estimate of drug-likeness (QED) is 0.932. The van der Waals surface area contributed by atoms with Gasteiger partial charge in [-0.1, -0.05) is 24.6 Å². The van der Waals surface area contributed by atoms with Crippen molar-refractivity contribution in [3.63, 3.8) is 0 Å². The van der Waals surface area contributed by atoms with Gasteiger partial charge in [0.2, 0.25) is 0 Å². The van der Waals surface area contributed by atoms with E-state index in [1.165, 1.54) is 54.5 Å². The maximum atomic E-state index is 6.25. The number of hydrogen-bond acceptors (Lipinski definition) is 2. The minimum absolute atomic E-state index is 0.163. The maximum absolute atomic E-state index is 6.25. The molecule has 1 aromatic carbocycles. The predicted octanol–water partition coefficient (Wildman–Crippen LogP) is 3.83. The van der Waals surface area contributed by atoms with Gasteiger partial charge in [-0.15, -0.1) is 0 Å². The molecule has 2 aliphatic heterocycles. The smallest absolute Gasteiger partial charge is 0.106 e. The third-order valence-electron chi connectivity index (χ3n) is 5.47. The summed E-state index contributed by atoms with van der Waals surface area (Å²) in [6.45, 7) is 6.77. The number of para-hydroxylation sites is 1. The van der Waals surface area contributed by atoms with E-state index in [4.69, 9.17) is 4.74 Å². The standard InChI is InChI=1S/C19H26N2O/c1-19(10-13-21-11-5-2-6-12-21)18-16(9-14-22-19)15-7-3-4-8-17(15)20-18/h3-4,7-8,20H,2,5-6,9-14H2,1H3. The van der Waals surface area contributed by atoms with Gasteiger partial charge in [0.25, 0.3) is 0 Å². The van der Waals surface area contributed by atoms with Gasteiger partial charge >= 0.3 is 0 Å². The SMILES string of the molecule is CC1(CCN2CCCCC2)OCCc2c1[nH]c1ccccc21. The Hall–Kier alpha value is -1.32. The molecular formula is C19H26N2O. The lowest BCUT2D eigenvalue weighted by molar-refractivity contribution is -0.0601. The molecule has 3 nitrogen and oxygen atoms in total. The summed E-state index contributed by atoms with van der Waals surface area (Å²) in [6.07, 6.45) is 6.21. The molecule has 0 saturated carbocycles. The average Bonchev–Trinajstić information content (AvgIpc) is 2.95. The van der Waals surface area contributed by atoms with Crippen LogP contribution in [0.3, 0.4) is 0 Å². The number of aromatic nitrogens is 1. The molecule has 0 aliphatic carbocycles. The number of rotatable bonds is 3. The lowest BCUT2D eigenvalue weighted by Crippen LogP contribution is -2.38. The highest BCUT2D eigenvalue weighted by Crippen LogP contribution is 2.39. The van der Waals surface area contributed by atoms with Crippen LogP contribution < -0.4 is 0 Å². The van der Waals surface area contributed by atoms with Gasteiger partial charge in [0.1, 0.15) is 5.60 Å². The topological polar surface area (TPSA) is 28.3 Å².